The number of hydrogen-bond acceptors (Lipinski definition) is 6. The Balaban J connectivity index is 1.44. The van der Waals surface area contributed by atoms with Crippen molar-refractivity contribution in [2.24, 2.45) is 12.0 Å². The molecule has 2 aliphatic rings. The summed E-state index contributed by atoms with van der Waals surface area (Å²) in [5, 5.41) is 8.86. The molecule has 0 amide bonds. The van der Waals surface area contributed by atoms with Crippen molar-refractivity contribution in [2.75, 3.05) is 18.5 Å². The molecule has 1 aromatic carbocycles. The number of aryl methyl sites for hydroxylation is 1. The van der Waals surface area contributed by atoms with E-state index in [1.165, 1.54) is 0 Å². The van der Waals surface area contributed by atoms with Gasteiger partial charge in [0.25, 0.3) is 0 Å². The van der Waals surface area contributed by atoms with Crippen LogP contribution in [0.3, 0.4) is 0 Å². The average molecular weight is 335 g/mol. The zero-order valence-corrected chi connectivity index (χ0v) is 13.8. The Morgan fingerprint density at radius 2 is 2.20 bits per heavy atom. The van der Waals surface area contributed by atoms with Crippen LogP contribution in [-0.4, -0.2) is 39.9 Å². The van der Waals surface area contributed by atoms with E-state index in [-0.39, 0.29) is 6.10 Å². The lowest BCUT2D eigenvalue weighted by molar-refractivity contribution is -0.0809. The Bertz CT molecular complexity index is 990. The van der Waals surface area contributed by atoms with Crippen LogP contribution in [0.5, 0.6) is 5.88 Å². The molecule has 4 heterocycles. The number of nitrogens with one attached hydrogen (secondary N) is 1. The van der Waals surface area contributed by atoms with Crippen LogP contribution < -0.4 is 10.1 Å². The van der Waals surface area contributed by atoms with Gasteiger partial charge >= 0.3 is 0 Å². The maximum absolute atomic E-state index is 5.89. The van der Waals surface area contributed by atoms with Crippen molar-refractivity contribution in [1.82, 2.24) is 14.8 Å². The maximum Gasteiger partial charge on any atom is 0.241 e. The van der Waals surface area contributed by atoms with Gasteiger partial charge in [-0.1, -0.05) is 6.07 Å². The van der Waals surface area contributed by atoms with Gasteiger partial charge in [0.1, 0.15) is 11.8 Å². The van der Waals surface area contributed by atoms with Crippen LogP contribution in [0.2, 0.25) is 0 Å². The predicted molar refractivity (Wildman–Crippen MR) is 94.0 cm³/mol. The summed E-state index contributed by atoms with van der Waals surface area (Å²) in [5.41, 5.74) is 4.01. The first-order valence-electron chi connectivity index (χ1n) is 8.25. The van der Waals surface area contributed by atoms with Crippen molar-refractivity contribution < 1.29 is 9.47 Å². The Morgan fingerprint density at radius 1 is 1.28 bits per heavy atom. The molecule has 126 valence electrons. The predicted octanol–water partition coefficient (Wildman–Crippen LogP) is 2.12. The summed E-state index contributed by atoms with van der Waals surface area (Å²) < 4.78 is 12.9. The number of fused-ring (bicyclic) bond motifs is 2. The second-order valence-electron chi connectivity index (χ2n) is 6.24. The van der Waals surface area contributed by atoms with Gasteiger partial charge in [-0.3, -0.25) is 14.7 Å². The highest BCUT2D eigenvalue weighted by Gasteiger charge is 2.23. The molecular formula is C18H17N5O2. The van der Waals surface area contributed by atoms with Gasteiger partial charge in [-0.25, -0.2) is 0 Å². The minimum Gasteiger partial charge on any atom is -0.468 e. The third-order valence-corrected chi connectivity index (χ3v) is 4.49. The minimum atomic E-state index is 0.103. The molecule has 3 aromatic rings. The van der Waals surface area contributed by atoms with Crippen LogP contribution in [0.25, 0.3) is 10.9 Å². The molecular weight excluding hydrogens is 318 g/mol. The van der Waals surface area contributed by atoms with E-state index in [0.717, 1.165) is 33.7 Å². The summed E-state index contributed by atoms with van der Waals surface area (Å²) in [4.78, 5) is 8.97. The molecule has 1 saturated heterocycles. The number of anilines is 1. The quantitative estimate of drug-likeness (QED) is 0.794. The van der Waals surface area contributed by atoms with Crippen LogP contribution in [0.1, 0.15) is 11.3 Å². The Labute approximate surface area is 144 Å². The molecule has 0 saturated carbocycles. The topological polar surface area (TPSA) is 73.6 Å². The van der Waals surface area contributed by atoms with Gasteiger partial charge in [0.15, 0.2) is 5.84 Å². The van der Waals surface area contributed by atoms with Gasteiger partial charge in [-0.2, -0.15) is 0 Å². The summed E-state index contributed by atoms with van der Waals surface area (Å²) in [5.74, 6) is 1.46. The highest BCUT2D eigenvalue weighted by molar-refractivity contribution is 6.09. The largest absolute Gasteiger partial charge is 0.468 e. The van der Waals surface area contributed by atoms with E-state index in [4.69, 9.17) is 9.47 Å². The van der Waals surface area contributed by atoms with E-state index in [9.17, 15) is 0 Å². The third kappa shape index (κ3) is 2.44. The van der Waals surface area contributed by atoms with Gasteiger partial charge < -0.3 is 14.8 Å². The van der Waals surface area contributed by atoms with Crippen molar-refractivity contribution >= 4 is 22.4 Å². The van der Waals surface area contributed by atoms with E-state index in [1.807, 2.05) is 29.9 Å². The van der Waals surface area contributed by atoms with Crippen molar-refractivity contribution in [3.05, 3.63) is 47.8 Å². The van der Waals surface area contributed by atoms with Gasteiger partial charge in [0.2, 0.25) is 5.88 Å². The number of aromatic nitrogens is 3. The molecule has 0 aliphatic carbocycles. The standard InChI is InChI=1S/C18H17N5O2/c1-23-15-7-12(21-17-16-11(8-20-17)3-2-6-19-16)4-5-14(15)18(22-23)25-13-9-24-10-13/h2-7,13H,8-10H2,1H3,(H,20,21). The molecule has 0 radical (unpaired) electrons. The number of pyridine rings is 1. The van der Waals surface area contributed by atoms with Crippen LogP contribution >= 0.6 is 0 Å². The molecule has 2 aromatic heterocycles. The van der Waals surface area contributed by atoms with Crippen LogP contribution in [0.15, 0.2) is 41.5 Å². The van der Waals surface area contributed by atoms with Gasteiger partial charge in [-0.15, -0.1) is 5.10 Å². The molecule has 25 heavy (non-hydrogen) atoms. The van der Waals surface area contributed by atoms with Gasteiger partial charge in [0, 0.05) is 24.5 Å². The lowest BCUT2D eigenvalue weighted by Gasteiger charge is -2.25. The molecule has 5 rings (SSSR count). The molecule has 1 N–H and O–H groups in total. The second-order valence-corrected chi connectivity index (χ2v) is 6.24. The minimum absolute atomic E-state index is 0.103. The Morgan fingerprint density at radius 3 is 3.04 bits per heavy atom. The number of benzene rings is 1. The number of ether oxygens (including phenoxy) is 2. The maximum atomic E-state index is 5.89. The van der Waals surface area contributed by atoms with Crippen LogP contribution in [0, 0.1) is 0 Å². The Hall–Kier alpha value is -2.93. The van der Waals surface area contributed by atoms with Crippen LogP contribution in [-0.2, 0) is 18.3 Å². The monoisotopic (exact) mass is 335 g/mol. The van der Waals surface area contributed by atoms with Gasteiger partial charge in [-0.05, 0) is 24.3 Å². The van der Waals surface area contributed by atoms with Crippen molar-refractivity contribution in [3.63, 3.8) is 0 Å². The number of nitrogens with zero attached hydrogens (tertiary/aromatic N) is 4. The lowest BCUT2D eigenvalue weighted by Crippen LogP contribution is -2.38. The van der Waals surface area contributed by atoms with E-state index < -0.39 is 0 Å². The summed E-state index contributed by atoms with van der Waals surface area (Å²) >= 11 is 0. The first-order valence-corrected chi connectivity index (χ1v) is 8.25. The fourth-order valence-corrected chi connectivity index (χ4v) is 3.08. The number of rotatable bonds is 3. The molecule has 7 nitrogen and oxygen atoms in total. The Kier molecular flexibility index (Phi) is 3.21. The average Bonchev–Trinajstić information content (AvgIpc) is 3.13. The van der Waals surface area contributed by atoms with E-state index in [1.54, 1.807) is 6.20 Å². The molecule has 0 unspecified atom stereocenters. The summed E-state index contributed by atoms with van der Waals surface area (Å²) in [7, 11) is 1.92. The van der Waals surface area contributed by atoms with Gasteiger partial charge in [0.05, 0.1) is 30.7 Å². The zero-order valence-electron chi connectivity index (χ0n) is 13.8. The van der Waals surface area contributed by atoms with E-state index in [2.05, 4.69) is 32.5 Å². The lowest BCUT2D eigenvalue weighted by atomic mass is 10.2. The highest BCUT2D eigenvalue weighted by Crippen LogP contribution is 2.29. The molecule has 2 aliphatic heterocycles. The molecule has 1 fully saturated rings. The van der Waals surface area contributed by atoms with Crippen LogP contribution in [0.4, 0.5) is 5.69 Å². The fraction of sp³-hybridized carbons (Fsp3) is 0.278. The van der Waals surface area contributed by atoms with E-state index in [0.29, 0.717) is 25.6 Å². The first kappa shape index (κ1) is 14.4. The normalized spacial score (nSPS) is 16.4. The van der Waals surface area contributed by atoms with Crippen molar-refractivity contribution in [2.45, 2.75) is 12.6 Å². The third-order valence-electron chi connectivity index (χ3n) is 4.49. The summed E-state index contributed by atoms with van der Waals surface area (Å²) in [6, 6.07) is 10.1. The number of amidine groups is 1. The molecule has 7 heteroatoms. The van der Waals surface area contributed by atoms with E-state index >= 15 is 0 Å². The molecule has 0 atom stereocenters. The highest BCUT2D eigenvalue weighted by atomic mass is 16.6. The smallest absolute Gasteiger partial charge is 0.241 e. The summed E-state index contributed by atoms with van der Waals surface area (Å²) in [6.07, 6.45) is 1.89. The molecule has 0 bridgehead atoms. The SMILES string of the molecule is Cn1nc(OC2COC2)c2ccc(NC3=NCc4cccnc43)cc21. The fourth-order valence-electron chi connectivity index (χ4n) is 3.08. The van der Waals surface area contributed by atoms with Crippen molar-refractivity contribution in [1.29, 1.82) is 0 Å². The zero-order chi connectivity index (χ0) is 16.8. The number of aliphatic imine (C=N–C) groups is 1. The first-order chi connectivity index (χ1) is 12.3. The second kappa shape index (κ2) is 5.56. The number of hydrogen-bond donors (Lipinski definition) is 1. The summed E-state index contributed by atoms with van der Waals surface area (Å²) in [6.45, 7) is 1.93. The van der Waals surface area contributed by atoms with Crippen molar-refractivity contribution in [3.8, 4) is 5.88 Å². The molecule has 0 spiro atoms.